The van der Waals surface area contributed by atoms with E-state index in [4.69, 9.17) is 0 Å². The van der Waals surface area contributed by atoms with Crippen molar-refractivity contribution in [1.29, 1.82) is 0 Å². The van der Waals surface area contributed by atoms with E-state index in [-0.39, 0.29) is 24.0 Å². The van der Waals surface area contributed by atoms with Gasteiger partial charge < -0.3 is 15.1 Å². The summed E-state index contributed by atoms with van der Waals surface area (Å²) in [7, 11) is -1.52. The number of anilines is 1. The molecule has 1 aromatic rings. The summed E-state index contributed by atoms with van der Waals surface area (Å²) in [6, 6.07) is 5.92. The third-order valence-electron chi connectivity index (χ3n) is 3.91. The fourth-order valence-corrected chi connectivity index (χ4v) is 3.93. The predicted octanol–water partition coefficient (Wildman–Crippen LogP) is 0.725. The first kappa shape index (κ1) is 22.9. The van der Waals surface area contributed by atoms with E-state index in [1.807, 2.05) is 32.0 Å². The SMILES string of the molecule is CN=C(NCC(C)(C)NS(C)(=O)=O)N1CCN(c2ccccn2)CC1.I. The average Bonchev–Trinajstić information content (AvgIpc) is 2.54. The minimum atomic E-state index is -3.26. The maximum atomic E-state index is 11.4. The van der Waals surface area contributed by atoms with Crippen LogP contribution in [-0.4, -0.2) is 75.8 Å². The van der Waals surface area contributed by atoms with Crippen LogP contribution in [0.25, 0.3) is 0 Å². The Balaban J connectivity index is 0.00000338. The fraction of sp³-hybridized carbons (Fsp3) is 0.625. The summed E-state index contributed by atoms with van der Waals surface area (Å²) < 4.78 is 25.5. The second kappa shape index (κ2) is 9.70. The summed E-state index contributed by atoms with van der Waals surface area (Å²) in [5.41, 5.74) is -0.598. The number of pyridine rings is 1. The van der Waals surface area contributed by atoms with Gasteiger partial charge in [0.25, 0.3) is 0 Å². The molecule has 26 heavy (non-hydrogen) atoms. The Morgan fingerprint density at radius 1 is 1.27 bits per heavy atom. The summed E-state index contributed by atoms with van der Waals surface area (Å²) in [5, 5.41) is 3.27. The third-order valence-corrected chi connectivity index (χ3v) is 4.84. The molecular weight excluding hydrogens is 467 g/mol. The van der Waals surface area contributed by atoms with Gasteiger partial charge in [0.05, 0.1) is 6.26 Å². The lowest BCUT2D eigenvalue weighted by molar-refractivity contribution is 0.362. The van der Waals surface area contributed by atoms with Gasteiger partial charge in [-0.1, -0.05) is 6.07 Å². The molecule has 0 spiro atoms. The molecule has 1 aliphatic rings. The Morgan fingerprint density at radius 2 is 1.92 bits per heavy atom. The molecule has 2 rings (SSSR count). The summed E-state index contributed by atoms with van der Waals surface area (Å²) in [4.78, 5) is 13.1. The molecule has 8 nitrogen and oxygen atoms in total. The second-order valence-electron chi connectivity index (χ2n) is 6.82. The highest BCUT2D eigenvalue weighted by Gasteiger charge is 2.25. The standard InChI is InChI=1S/C16H28N6O2S.HI/c1-16(2,20-25(4,23)24)13-19-15(17-3)22-11-9-21(10-12-22)14-7-5-6-8-18-14;/h5-8,20H,9-13H2,1-4H3,(H,17,19);1H. The van der Waals surface area contributed by atoms with Gasteiger partial charge in [-0.25, -0.2) is 18.1 Å². The van der Waals surface area contributed by atoms with Crippen molar-refractivity contribution in [2.75, 3.05) is 50.9 Å². The molecule has 1 fully saturated rings. The molecule has 1 saturated heterocycles. The summed E-state index contributed by atoms with van der Waals surface area (Å²) >= 11 is 0. The van der Waals surface area contributed by atoms with Crippen molar-refractivity contribution in [3.05, 3.63) is 24.4 Å². The van der Waals surface area contributed by atoms with Crippen LogP contribution in [0.5, 0.6) is 0 Å². The summed E-state index contributed by atoms with van der Waals surface area (Å²) in [6.07, 6.45) is 2.97. The van der Waals surface area contributed by atoms with E-state index in [2.05, 4.69) is 29.8 Å². The van der Waals surface area contributed by atoms with Crippen LogP contribution in [0.3, 0.4) is 0 Å². The zero-order chi connectivity index (χ0) is 18.5. The molecule has 0 atom stereocenters. The normalized spacial score (nSPS) is 16.2. The van der Waals surface area contributed by atoms with Crippen molar-refractivity contribution in [1.82, 2.24) is 19.9 Å². The number of piperazine rings is 1. The van der Waals surface area contributed by atoms with E-state index in [0.717, 1.165) is 38.0 Å². The second-order valence-corrected chi connectivity index (χ2v) is 8.57. The molecule has 148 valence electrons. The molecule has 0 saturated carbocycles. The monoisotopic (exact) mass is 496 g/mol. The van der Waals surface area contributed by atoms with Gasteiger partial charge in [-0.3, -0.25) is 4.99 Å². The average molecular weight is 496 g/mol. The number of hydrogen-bond acceptors (Lipinski definition) is 5. The van der Waals surface area contributed by atoms with Crippen LogP contribution in [0, 0.1) is 0 Å². The minimum absolute atomic E-state index is 0. The highest BCUT2D eigenvalue weighted by atomic mass is 127. The highest BCUT2D eigenvalue weighted by molar-refractivity contribution is 14.0. The van der Waals surface area contributed by atoms with Gasteiger partial charge in [0.2, 0.25) is 10.0 Å². The van der Waals surface area contributed by atoms with Crippen molar-refractivity contribution in [3.8, 4) is 0 Å². The first-order valence-electron chi connectivity index (χ1n) is 8.31. The van der Waals surface area contributed by atoms with Crippen LogP contribution < -0.4 is 14.9 Å². The van der Waals surface area contributed by atoms with Crippen LogP contribution in [0.2, 0.25) is 0 Å². The van der Waals surface area contributed by atoms with Gasteiger partial charge in [0.15, 0.2) is 5.96 Å². The number of aliphatic imine (C=N–C) groups is 1. The van der Waals surface area contributed by atoms with Crippen LogP contribution >= 0.6 is 24.0 Å². The van der Waals surface area contributed by atoms with E-state index < -0.39 is 15.6 Å². The van der Waals surface area contributed by atoms with E-state index in [1.54, 1.807) is 13.2 Å². The van der Waals surface area contributed by atoms with E-state index in [9.17, 15) is 8.42 Å². The number of guanidine groups is 1. The molecule has 0 aliphatic carbocycles. The topological polar surface area (TPSA) is 89.9 Å². The van der Waals surface area contributed by atoms with Gasteiger partial charge in [-0.15, -0.1) is 24.0 Å². The third kappa shape index (κ3) is 7.23. The smallest absolute Gasteiger partial charge is 0.209 e. The fourth-order valence-electron chi connectivity index (χ4n) is 2.86. The predicted molar refractivity (Wildman–Crippen MR) is 117 cm³/mol. The van der Waals surface area contributed by atoms with Gasteiger partial charge >= 0.3 is 0 Å². The first-order valence-corrected chi connectivity index (χ1v) is 10.2. The highest BCUT2D eigenvalue weighted by Crippen LogP contribution is 2.12. The number of hydrogen-bond donors (Lipinski definition) is 2. The summed E-state index contributed by atoms with van der Waals surface area (Å²) in [6.45, 7) is 7.52. The number of halogens is 1. The van der Waals surface area contributed by atoms with Crippen molar-refractivity contribution in [2.45, 2.75) is 19.4 Å². The first-order chi connectivity index (χ1) is 11.7. The molecule has 1 aromatic heterocycles. The Hall–Kier alpha value is -1.14. The lowest BCUT2D eigenvalue weighted by atomic mass is 10.1. The number of nitrogens with zero attached hydrogens (tertiary/aromatic N) is 4. The largest absolute Gasteiger partial charge is 0.354 e. The van der Waals surface area contributed by atoms with Crippen LogP contribution in [-0.2, 0) is 10.0 Å². The maximum Gasteiger partial charge on any atom is 0.209 e. The van der Waals surface area contributed by atoms with Crippen molar-refractivity contribution in [2.24, 2.45) is 4.99 Å². The molecule has 2 heterocycles. The molecule has 0 bridgehead atoms. The van der Waals surface area contributed by atoms with Crippen LogP contribution in [0.15, 0.2) is 29.4 Å². The quantitative estimate of drug-likeness (QED) is 0.355. The minimum Gasteiger partial charge on any atom is -0.354 e. The Kier molecular flexibility index (Phi) is 8.54. The van der Waals surface area contributed by atoms with Crippen molar-refractivity contribution in [3.63, 3.8) is 0 Å². The molecule has 0 radical (unpaired) electrons. The number of rotatable bonds is 5. The van der Waals surface area contributed by atoms with Crippen molar-refractivity contribution < 1.29 is 8.42 Å². The van der Waals surface area contributed by atoms with Crippen LogP contribution in [0.4, 0.5) is 5.82 Å². The van der Waals surface area contributed by atoms with E-state index in [0.29, 0.717) is 6.54 Å². The lowest BCUT2D eigenvalue weighted by Crippen LogP contribution is -2.56. The molecule has 10 heteroatoms. The molecular formula is C16H29IN6O2S. The van der Waals surface area contributed by atoms with Gasteiger partial charge in [0.1, 0.15) is 5.82 Å². The zero-order valence-electron chi connectivity index (χ0n) is 15.8. The lowest BCUT2D eigenvalue weighted by Gasteiger charge is -2.38. The molecule has 0 unspecified atom stereocenters. The van der Waals surface area contributed by atoms with Gasteiger partial charge in [0, 0.05) is 51.5 Å². The maximum absolute atomic E-state index is 11.4. The molecule has 0 amide bonds. The Bertz CT molecular complexity index is 688. The number of aromatic nitrogens is 1. The number of sulfonamides is 1. The molecule has 1 aliphatic heterocycles. The van der Waals surface area contributed by atoms with Gasteiger partial charge in [-0.2, -0.15) is 0 Å². The summed E-state index contributed by atoms with van der Waals surface area (Å²) in [5.74, 6) is 1.77. The van der Waals surface area contributed by atoms with E-state index >= 15 is 0 Å². The van der Waals surface area contributed by atoms with Gasteiger partial charge in [-0.05, 0) is 26.0 Å². The molecule has 2 N–H and O–H groups in total. The Morgan fingerprint density at radius 3 is 2.42 bits per heavy atom. The van der Waals surface area contributed by atoms with Crippen molar-refractivity contribution >= 4 is 45.8 Å². The van der Waals surface area contributed by atoms with Crippen LogP contribution in [0.1, 0.15) is 13.8 Å². The molecule has 0 aromatic carbocycles. The zero-order valence-corrected chi connectivity index (χ0v) is 18.9. The number of nitrogens with one attached hydrogen (secondary N) is 2. The Labute approximate surface area is 173 Å². The van der Waals surface area contributed by atoms with E-state index in [1.165, 1.54) is 6.26 Å².